The molecule has 0 aliphatic carbocycles. The van der Waals surface area contributed by atoms with Crippen LogP contribution in [0.3, 0.4) is 0 Å². The van der Waals surface area contributed by atoms with Crippen molar-refractivity contribution in [1.82, 2.24) is 9.80 Å². The predicted molar refractivity (Wildman–Crippen MR) is 69.2 cm³/mol. The minimum atomic E-state index is -4.63. The Morgan fingerprint density at radius 2 is 1.85 bits per heavy atom. The molecule has 1 rings (SSSR count). The number of amides is 1. The van der Waals surface area contributed by atoms with Gasteiger partial charge in [-0.1, -0.05) is 13.3 Å². The maximum Gasteiger partial charge on any atom is 0.417 e. The minimum Gasteiger partial charge on any atom is -0.380 e. The second-order valence-corrected chi connectivity index (χ2v) is 5.62. The molecule has 0 aromatic rings. The van der Waals surface area contributed by atoms with Gasteiger partial charge in [-0.15, -0.1) is 0 Å². The molecule has 0 saturated carbocycles. The van der Waals surface area contributed by atoms with Crippen molar-refractivity contribution in [3.05, 3.63) is 0 Å². The largest absolute Gasteiger partial charge is 0.417 e. The van der Waals surface area contributed by atoms with Gasteiger partial charge in [-0.05, 0) is 20.5 Å². The molecule has 1 aliphatic rings. The fourth-order valence-corrected chi connectivity index (χ4v) is 2.47. The number of halogens is 3. The van der Waals surface area contributed by atoms with Crippen LogP contribution in [0.2, 0.25) is 0 Å². The Labute approximate surface area is 117 Å². The molecule has 1 unspecified atom stereocenters. The van der Waals surface area contributed by atoms with Crippen molar-refractivity contribution in [3.8, 4) is 0 Å². The first-order chi connectivity index (χ1) is 9.12. The van der Waals surface area contributed by atoms with Crippen LogP contribution in [0.5, 0.6) is 0 Å². The third-order valence-electron chi connectivity index (χ3n) is 3.90. The standard InChI is InChI=1S/C13H23F3N2O2/c1-4-5-10(17(2)3)11(19)18-8-6-12(20,7-9-18)13(14,15)16/h10,20H,4-9H2,1-3H3. The average molecular weight is 296 g/mol. The zero-order valence-electron chi connectivity index (χ0n) is 12.2. The van der Waals surface area contributed by atoms with Crippen LogP contribution in [0, 0.1) is 0 Å². The Bertz CT molecular complexity index is 337. The van der Waals surface area contributed by atoms with Gasteiger partial charge in [0.05, 0.1) is 6.04 Å². The molecule has 1 saturated heterocycles. The Hall–Kier alpha value is -0.820. The van der Waals surface area contributed by atoms with Gasteiger partial charge >= 0.3 is 6.18 Å². The number of rotatable bonds is 4. The van der Waals surface area contributed by atoms with Gasteiger partial charge in [-0.25, -0.2) is 0 Å². The van der Waals surface area contributed by atoms with Crippen LogP contribution in [0.15, 0.2) is 0 Å². The summed E-state index contributed by atoms with van der Waals surface area (Å²) in [4.78, 5) is 15.5. The molecule has 0 aromatic heterocycles. The van der Waals surface area contributed by atoms with Crippen LogP contribution in [0.1, 0.15) is 32.6 Å². The van der Waals surface area contributed by atoms with Gasteiger partial charge in [0.1, 0.15) is 0 Å². The Balaban J connectivity index is 2.67. The maximum absolute atomic E-state index is 12.7. The second kappa shape index (κ2) is 6.30. The van der Waals surface area contributed by atoms with Gasteiger partial charge in [-0.2, -0.15) is 13.2 Å². The van der Waals surface area contributed by atoms with Gasteiger partial charge in [0.25, 0.3) is 0 Å². The van der Waals surface area contributed by atoms with Gasteiger partial charge in [-0.3, -0.25) is 9.69 Å². The highest BCUT2D eigenvalue weighted by Gasteiger charge is 2.55. The quantitative estimate of drug-likeness (QED) is 0.857. The van der Waals surface area contributed by atoms with Crippen LogP contribution in [0.4, 0.5) is 13.2 Å². The minimum absolute atomic E-state index is 0.0527. The summed E-state index contributed by atoms with van der Waals surface area (Å²) in [5.41, 5.74) is -2.65. The molecule has 1 atom stereocenters. The van der Waals surface area contributed by atoms with Crippen molar-refractivity contribution >= 4 is 5.91 Å². The normalized spacial score (nSPS) is 21.1. The Kier molecular flexibility index (Phi) is 5.43. The summed E-state index contributed by atoms with van der Waals surface area (Å²) in [5, 5.41) is 9.59. The van der Waals surface area contributed by atoms with Gasteiger partial charge < -0.3 is 10.0 Å². The topological polar surface area (TPSA) is 43.8 Å². The molecule has 20 heavy (non-hydrogen) atoms. The van der Waals surface area contributed by atoms with E-state index in [4.69, 9.17) is 0 Å². The molecular formula is C13H23F3N2O2. The first-order valence-electron chi connectivity index (χ1n) is 6.86. The van der Waals surface area contributed by atoms with E-state index >= 15 is 0 Å². The molecular weight excluding hydrogens is 273 g/mol. The van der Waals surface area contributed by atoms with Crippen molar-refractivity contribution in [2.24, 2.45) is 0 Å². The van der Waals surface area contributed by atoms with E-state index in [0.717, 1.165) is 6.42 Å². The van der Waals surface area contributed by atoms with Crippen molar-refractivity contribution in [2.75, 3.05) is 27.2 Å². The molecule has 7 heteroatoms. The molecule has 1 fully saturated rings. The number of carbonyl (C=O) groups excluding carboxylic acids is 1. The number of likely N-dealkylation sites (N-methyl/N-ethyl adjacent to an activating group) is 1. The predicted octanol–water partition coefficient (Wildman–Crippen LogP) is 1.63. The van der Waals surface area contributed by atoms with Crippen LogP contribution in [-0.4, -0.2) is 65.8 Å². The first kappa shape index (κ1) is 17.2. The summed E-state index contributed by atoms with van der Waals surface area (Å²) in [6.45, 7) is 1.86. The van der Waals surface area contributed by atoms with E-state index in [1.54, 1.807) is 19.0 Å². The summed E-state index contributed by atoms with van der Waals surface area (Å²) in [6, 6.07) is -0.308. The third-order valence-corrected chi connectivity index (χ3v) is 3.90. The first-order valence-corrected chi connectivity index (χ1v) is 6.86. The molecule has 0 spiro atoms. The number of hydrogen-bond acceptors (Lipinski definition) is 3. The number of piperidine rings is 1. The highest BCUT2D eigenvalue weighted by Crippen LogP contribution is 2.38. The fraction of sp³-hybridized carbons (Fsp3) is 0.923. The lowest BCUT2D eigenvalue weighted by Gasteiger charge is -2.40. The van der Waals surface area contributed by atoms with E-state index in [1.165, 1.54) is 4.90 Å². The summed E-state index contributed by atoms with van der Waals surface area (Å²) in [7, 11) is 3.57. The van der Waals surface area contributed by atoms with Gasteiger partial charge in [0, 0.05) is 25.9 Å². The van der Waals surface area contributed by atoms with E-state index in [9.17, 15) is 23.1 Å². The number of carbonyl (C=O) groups is 1. The highest BCUT2D eigenvalue weighted by atomic mass is 19.4. The Morgan fingerprint density at radius 3 is 2.20 bits per heavy atom. The second-order valence-electron chi connectivity index (χ2n) is 5.62. The SMILES string of the molecule is CCCC(C(=O)N1CCC(O)(C(F)(F)F)CC1)N(C)C. The molecule has 0 aromatic carbocycles. The van der Waals surface area contributed by atoms with E-state index in [2.05, 4.69) is 0 Å². The van der Waals surface area contributed by atoms with Gasteiger partial charge in [0.2, 0.25) is 5.91 Å². The summed E-state index contributed by atoms with van der Waals surface area (Å²) in [5.74, 6) is -0.152. The van der Waals surface area contributed by atoms with E-state index in [1.807, 2.05) is 6.92 Å². The number of hydrogen-bond donors (Lipinski definition) is 1. The molecule has 0 bridgehead atoms. The molecule has 1 N–H and O–H groups in total. The monoisotopic (exact) mass is 296 g/mol. The van der Waals surface area contributed by atoms with Crippen molar-refractivity contribution < 1.29 is 23.1 Å². The number of alkyl halides is 3. The fourth-order valence-electron chi connectivity index (χ4n) is 2.47. The zero-order valence-corrected chi connectivity index (χ0v) is 12.2. The maximum atomic E-state index is 12.7. The van der Waals surface area contributed by atoms with E-state index in [0.29, 0.717) is 6.42 Å². The third kappa shape index (κ3) is 3.63. The van der Waals surface area contributed by atoms with Crippen LogP contribution in [0.25, 0.3) is 0 Å². The van der Waals surface area contributed by atoms with E-state index in [-0.39, 0.29) is 25.0 Å². The lowest BCUT2D eigenvalue weighted by molar-refractivity contribution is -0.272. The number of aliphatic hydroxyl groups is 1. The molecule has 0 radical (unpaired) electrons. The molecule has 118 valence electrons. The molecule has 4 nitrogen and oxygen atoms in total. The molecule has 1 heterocycles. The highest BCUT2D eigenvalue weighted by molar-refractivity contribution is 5.82. The summed E-state index contributed by atoms with van der Waals surface area (Å²) >= 11 is 0. The zero-order chi connectivity index (χ0) is 15.6. The number of nitrogens with zero attached hydrogens (tertiary/aromatic N) is 2. The van der Waals surface area contributed by atoms with Crippen molar-refractivity contribution in [1.29, 1.82) is 0 Å². The van der Waals surface area contributed by atoms with Gasteiger partial charge in [0.15, 0.2) is 5.60 Å². The lowest BCUT2D eigenvalue weighted by Crippen LogP contribution is -2.56. The average Bonchev–Trinajstić information content (AvgIpc) is 2.34. The van der Waals surface area contributed by atoms with Crippen LogP contribution in [-0.2, 0) is 4.79 Å². The smallest absolute Gasteiger partial charge is 0.380 e. The summed E-state index contributed by atoms with van der Waals surface area (Å²) < 4.78 is 38.1. The van der Waals surface area contributed by atoms with Crippen LogP contribution >= 0.6 is 0 Å². The lowest BCUT2D eigenvalue weighted by atomic mass is 9.90. The number of likely N-dealkylation sites (tertiary alicyclic amines) is 1. The molecule has 1 aliphatic heterocycles. The Morgan fingerprint density at radius 1 is 1.35 bits per heavy atom. The van der Waals surface area contributed by atoms with Crippen molar-refractivity contribution in [2.45, 2.75) is 50.4 Å². The molecule has 1 amide bonds. The summed E-state index contributed by atoms with van der Waals surface area (Å²) in [6.07, 6.45) is -4.03. The van der Waals surface area contributed by atoms with Crippen LogP contribution < -0.4 is 0 Å². The van der Waals surface area contributed by atoms with E-state index < -0.39 is 24.6 Å². The van der Waals surface area contributed by atoms with Crippen molar-refractivity contribution in [3.63, 3.8) is 0 Å².